The van der Waals surface area contributed by atoms with Gasteiger partial charge in [-0.3, -0.25) is 4.57 Å². The number of rotatable bonds is 6. The van der Waals surface area contributed by atoms with Gasteiger partial charge in [-0.1, -0.05) is 42.1 Å². The molecule has 0 aliphatic carbocycles. The molecule has 1 saturated heterocycles. The van der Waals surface area contributed by atoms with E-state index in [4.69, 9.17) is 4.74 Å². The second-order valence-corrected chi connectivity index (χ2v) is 7.39. The van der Waals surface area contributed by atoms with Crippen molar-refractivity contribution in [1.82, 2.24) is 19.5 Å². The lowest BCUT2D eigenvalue weighted by molar-refractivity contribution is -0.0511. The highest BCUT2D eigenvalue weighted by Gasteiger charge is 2.44. The molecule has 4 rings (SSSR count). The van der Waals surface area contributed by atoms with Gasteiger partial charge in [0.1, 0.15) is 28.9 Å². The van der Waals surface area contributed by atoms with Crippen LogP contribution in [0.15, 0.2) is 41.7 Å². The number of anilines is 1. The van der Waals surface area contributed by atoms with Crippen LogP contribution in [0.1, 0.15) is 11.8 Å². The van der Waals surface area contributed by atoms with E-state index in [9.17, 15) is 15.3 Å². The first-order chi connectivity index (χ1) is 13.6. The molecule has 148 valence electrons. The number of nitrogens with zero attached hydrogens (tertiary/aromatic N) is 4. The maximum Gasteiger partial charge on any atom is 0.225 e. The molecule has 1 fully saturated rings. The Kier molecular flexibility index (Phi) is 5.47. The molecule has 1 aliphatic heterocycles. The van der Waals surface area contributed by atoms with Crippen molar-refractivity contribution in [2.24, 2.45) is 0 Å². The summed E-state index contributed by atoms with van der Waals surface area (Å²) in [4.78, 5) is 13.4. The van der Waals surface area contributed by atoms with E-state index in [1.165, 1.54) is 18.1 Å². The average molecular weight is 403 g/mol. The molecule has 4 atom stereocenters. The van der Waals surface area contributed by atoms with Gasteiger partial charge in [0.15, 0.2) is 11.9 Å². The van der Waals surface area contributed by atoms with E-state index < -0.39 is 31.1 Å². The summed E-state index contributed by atoms with van der Waals surface area (Å²) in [5.41, 5.74) is 2.22. The Morgan fingerprint density at radius 3 is 2.64 bits per heavy atom. The molecule has 0 amide bonds. The van der Waals surface area contributed by atoms with Crippen molar-refractivity contribution in [3.05, 3.63) is 42.2 Å². The van der Waals surface area contributed by atoms with Crippen LogP contribution in [0.4, 0.5) is 5.95 Å². The zero-order chi connectivity index (χ0) is 19.7. The molecule has 28 heavy (non-hydrogen) atoms. The number of nitrogens with one attached hydrogen (secondary N) is 1. The maximum atomic E-state index is 10.3. The predicted octanol–water partition coefficient (Wildman–Crippen LogP) is 0.772. The first-order valence-corrected chi connectivity index (χ1v) is 9.82. The minimum Gasteiger partial charge on any atom is -0.394 e. The second kappa shape index (κ2) is 8.02. The summed E-state index contributed by atoms with van der Waals surface area (Å²) < 4.78 is 7.18. The molecule has 0 unspecified atom stereocenters. The van der Waals surface area contributed by atoms with Crippen LogP contribution in [-0.2, 0) is 10.5 Å². The topological polar surface area (TPSA) is 126 Å². The molecule has 4 N–H and O–H groups in total. The molecule has 10 heteroatoms. The molecule has 2 aromatic heterocycles. The predicted molar refractivity (Wildman–Crippen MR) is 104 cm³/mol. The standard InChI is InChI=1S/C18H21N5O4S/c1-19-18-21-15-12(16(22-18)28-8-10-5-3-2-4-6-10)20-9-23(15)17-14(26)13(25)11(7-24)27-17/h2-6,9,11,13-14,17,24-26H,7-8H2,1H3,(H,19,21,22)/t11-,13+,14-,17+/m0/s1. The number of thioether (sulfide) groups is 1. The molecule has 0 bridgehead atoms. The van der Waals surface area contributed by atoms with Gasteiger partial charge in [0.05, 0.1) is 12.9 Å². The Bertz CT molecular complexity index is 954. The fourth-order valence-electron chi connectivity index (χ4n) is 3.13. The number of aliphatic hydroxyl groups is 3. The minimum atomic E-state index is -1.21. The van der Waals surface area contributed by atoms with Crippen LogP contribution in [0.2, 0.25) is 0 Å². The van der Waals surface area contributed by atoms with Gasteiger partial charge < -0.3 is 25.4 Å². The molecule has 0 saturated carbocycles. The van der Waals surface area contributed by atoms with Crippen molar-refractivity contribution in [3.8, 4) is 0 Å². The highest BCUT2D eigenvalue weighted by Crippen LogP contribution is 2.34. The number of hydrogen-bond donors (Lipinski definition) is 4. The van der Waals surface area contributed by atoms with Gasteiger partial charge in [-0.25, -0.2) is 9.97 Å². The molecular formula is C18H21N5O4S. The minimum absolute atomic E-state index is 0.393. The van der Waals surface area contributed by atoms with Crippen LogP contribution < -0.4 is 5.32 Å². The molecular weight excluding hydrogens is 382 g/mol. The Morgan fingerprint density at radius 2 is 1.96 bits per heavy atom. The second-order valence-electron chi connectivity index (χ2n) is 6.43. The van der Waals surface area contributed by atoms with E-state index in [-0.39, 0.29) is 0 Å². The summed E-state index contributed by atoms with van der Waals surface area (Å²) in [6.07, 6.45) is -2.65. The van der Waals surface area contributed by atoms with E-state index >= 15 is 0 Å². The number of hydrogen-bond acceptors (Lipinski definition) is 9. The van der Waals surface area contributed by atoms with Gasteiger partial charge in [-0.15, -0.1) is 0 Å². The normalized spacial score (nSPS) is 24.7. The lowest BCUT2D eigenvalue weighted by atomic mass is 10.1. The smallest absolute Gasteiger partial charge is 0.225 e. The zero-order valence-corrected chi connectivity index (χ0v) is 16.0. The van der Waals surface area contributed by atoms with Crippen molar-refractivity contribution >= 4 is 28.9 Å². The van der Waals surface area contributed by atoms with Gasteiger partial charge in [0.2, 0.25) is 5.95 Å². The van der Waals surface area contributed by atoms with E-state index in [0.29, 0.717) is 22.1 Å². The molecule has 1 aliphatic rings. The summed E-state index contributed by atoms with van der Waals surface area (Å²) in [6.45, 7) is -0.393. The Labute approximate surface area is 165 Å². The van der Waals surface area contributed by atoms with E-state index in [2.05, 4.69) is 20.3 Å². The first-order valence-electron chi connectivity index (χ1n) is 8.84. The largest absolute Gasteiger partial charge is 0.394 e. The van der Waals surface area contributed by atoms with Crippen LogP contribution in [0, 0.1) is 0 Å². The van der Waals surface area contributed by atoms with E-state index in [1.54, 1.807) is 11.6 Å². The number of benzene rings is 1. The Balaban J connectivity index is 1.69. The van der Waals surface area contributed by atoms with E-state index in [1.807, 2.05) is 30.3 Å². The van der Waals surface area contributed by atoms with Crippen LogP contribution >= 0.6 is 11.8 Å². The molecule has 3 heterocycles. The Hall–Kier alpha value is -2.24. The lowest BCUT2D eigenvalue weighted by Gasteiger charge is -2.16. The number of aromatic nitrogens is 4. The van der Waals surface area contributed by atoms with Gasteiger partial charge in [0, 0.05) is 12.8 Å². The first kappa shape index (κ1) is 19.1. The van der Waals surface area contributed by atoms with Crippen LogP contribution in [0.25, 0.3) is 11.2 Å². The fourth-order valence-corrected chi connectivity index (χ4v) is 4.05. The lowest BCUT2D eigenvalue weighted by Crippen LogP contribution is -2.33. The van der Waals surface area contributed by atoms with Crippen molar-refractivity contribution in [2.45, 2.75) is 35.3 Å². The third-order valence-electron chi connectivity index (χ3n) is 4.62. The molecule has 3 aromatic rings. The molecule has 0 radical (unpaired) electrons. The van der Waals surface area contributed by atoms with Gasteiger partial charge in [-0.2, -0.15) is 4.98 Å². The van der Waals surface area contributed by atoms with Crippen molar-refractivity contribution in [1.29, 1.82) is 0 Å². The summed E-state index contributed by atoms with van der Waals surface area (Å²) in [5.74, 6) is 1.13. The summed E-state index contributed by atoms with van der Waals surface area (Å²) >= 11 is 1.54. The molecule has 1 aromatic carbocycles. The summed E-state index contributed by atoms with van der Waals surface area (Å²) in [7, 11) is 1.72. The molecule has 9 nitrogen and oxygen atoms in total. The number of aliphatic hydroxyl groups excluding tert-OH is 3. The quantitative estimate of drug-likeness (QED) is 0.349. The number of imidazole rings is 1. The van der Waals surface area contributed by atoms with E-state index in [0.717, 1.165) is 11.3 Å². The van der Waals surface area contributed by atoms with Crippen molar-refractivity contribution < 1.29 is 20.1 Å². The fraction of sp³-hybridized carbons (Fsp3) is 0.389. The SMILES string of the molecule is CNc1nc(SCc2ccccc2)c2ncn([C@@H]3O[C@@H](CO)[C@@H](O)[C@@H]3O)c2n1. The van der Waals surface area contributed by atoms with Crippen molar-refractivity contribution in [3.63, 3.8) is 0 Å². The average Bonchev–Trinajstić information content (AvgIpc) is 3.28. The summed E-state index contributed by atoms with van der Waals surface area (Å²) in [5, 5.41) is 33.3. The number of fused-ring (bicyclic) bond motifs is 1. The van der Waals surface area contributed by atoms with Crippen molar-refractivity contribution in [2.75, 3.05) is 19.0 Å². The van der Waals surface area contributed by atoms with Crippen LogP contribution in [0.5, 0.6) is 0 Å². The highest BCUT2D eigenvalue weighted by atomic mass is 32.2. The van der Waals surface area contributed by atoms with Crippen LogP contribution in [0.3, 0.4) is 0 Å². The third-order valence-corrected chi connectivity index (χ3v) is 5.66. The summed E-state index contributed by atoms with van der Waals surface area (Å²) in [6, 6.07) is 10.0. The maximum absolute atomic E-state index is 10.3. The van der Waals surface area contributed by atoms with Gasteiger partial charge in [0.25, 0.3) is 0 Å². The Morgan fingerprint density at radius 1 is 1.18 bits per heavy atom. The monoisotopic (exact) mass is 403 g/mol. The van der Waals surface area contributed by atoms with Gasteiger partial charge in [-0.05, 0) is 5.56 Å². The van der Waals surface area contributed by atoms with Gasteiger partial charge >= 0.3 is 0 Å². The number of ether oxygens (including phenoxy) is 1. The third kappa shape index (κ3) is 3.45. The molecule has 0 spiro atoms. The zero-order valence-electron chi connectivity index (χ0n) is 15.1. The van der Waals surface area contributed by atoms with Crippen LogP contribution in [-0.4, -0.2) is 66.8 Å². The highest BCUT2D eigenvalue weighted by molar-refractivity contribution is 7.98.